The molecule has 1 amide bonds. The van der Waals surface area contributed by atoms with Gasteiger partial charge in [-0.25, -0.2) is 0 Å². The Morgan fingerprint density at radius 1 is 1.55 bits per heavy atom. The number of hydrogen-bond donors (Lipinski definition) is 1. The van der Waals surface area contributed by atoms with Crippen LogP contribution in [0.5, 0.6) is 0 Å². The van der Waals surface area contributed by atoms with E-state index in [-0.39, 0.29) is 20.3 Å². The Kier molecular flexibility index (Phi) is 4.05. The van der Waals surface area contributed by atoms with Crippen molar-refractivity contribution < 1.29 is 4.79 Å². The second kappa shape index (κ2) is 4.08. The number of carbonyl (C=O) groups is 1. The van der Waals surface area contributed by atoms with Crippen LogP contribution < -0.4 is 5.09 Å². The second-order valence-electron chi connectivity index (χ2n) is 3.33. The summed E-state index contributed by atoms with van der Waals surface area (Å²) in [4.78, 5) is 10.5. The minimum absolute atomic E-state index is 0.0527. The monoisotopic (exact) mass is 172 g/mol. The summed E-state index contributed by atoms with van der Waals surface area (Å²) in [6.45, 7) is 7.44. The van der Waals surface area contributed by atoms with Gasteiger partial charge in [-0.2, -0.15) is 0 Å². The Bertz CT molecular complexity index is 146. The van der Waals surface area contributed by atoms with Crippen molar-refractivity contribution in [3.8, 4) is 0 Å². The van der Waals surface area contributed by atoms with E-state index < -0.39 is 0 Å². The van der Waals surface area contributed by atoms with E-state index >= 15 is 0 Å². The quantitative estimate of drug-likeness (QED) is 0.493. The normalized spacial score (nSPS) is 12.8. The highest BCUT2D eigenvalue weighted by molar-refractivity contribution is 7.35. The maximum atomic E-state index is 10.5. The first-order valence-electron chi connectivity index (χ1n) is 3.41. The molecule has 1 atom stereocenters. The predicted molar refractivity (Wildman–Crippen MR) is 49.5 cm³/mol. The molecule has 0 aliphatic carbocycles. The van der Waals surface area contributed by atoms with Crippen LogP contribution in [0, 0.1) is 0 Å². The zero-order valence-corrected chi connectivity index (χ0v) is 8.43. The van der Waals surface area contributed by atoms with E-state index in [1.807, 2.05) is 20.8 Å². The van der Waals surface area contributed by atoms with E-state index in [4.69, 9.17) is 7.98 Å². The summed E-state index contributed by atoms with van der Waals surface area (Å²) in [5.41, 5.74) is -0.0963. The number of amides is 1. The standard InChI is InChI=1S/C6H14BN2OP/c1-5(10)8-11-9(7)6(2,3)4/h11H,1-4H3,(H,8,10). The fourth-order valence-corrected chi connectivity index (χ4v) is 0.920. The first-order chi connectivity index (χ1) is 4.84. The summed E-state index contributed by atoms with van der Waals surface area (Å²) in [6, 6.07) is 0. The Morgan fingerprint density at radius 2 is 2.00 bits per heavy atom. The zero-order chi connectivity index (χ0) is 9.07. The number of rotatable bonds is 2. The van der Waals surface area contributed by atoms with Gasteiger partial charge in [0.25, 0.3) is 0 Å². The van der Waals surface area contributed by atoms with Crippen LogP contribution in [-0.2, 0) is 4.79 Å². The molecule has 0 aliphatic heterocycles. The predicted octanol–water partition coefficient (Wildman–Crippen LogP) is 0.815. The highest BCUT2D eigenvalue weighted by Crippen LogP contribution is 2.21. The molecule has 0 fully saturated rings. The van der Waals surface area contributed by atoms with Crippen molar-refractivity contribution in [2.75, 3.05) is 0 Å². The lowest BCUT2D eigenvalue weighted by molar-refractivity contribution is -0.117. The van der Waals surface area contributed by atoms with Crippen molar-refractivity contribution in [1.29, 1.82) is 0 Å². The van der Waals surface area contributed by atoms with E-state index in [0.29, 0.717) is 0 Å². The first kappa shape index (κ1) is 10.9. The number of nitrogens with zero attached hydrogens (tertiary/aromatic N) is 1. The van der Waals surface area contributed by atoms with Crippen LogP contribution in [0.3, 0.4) is 0 Å². The minimum atomic E-state index is -0.0963. The van der Waals surface area contributed by atoms with Crippen LogP contribution in [-0.4, -0.2) is 24.0 Å². The number of nitrogens with one attached hydrogen (secondary N) is 1. The third kappa shape index (κ3) is 5.22. The number of carbonyl (C=O) groups excluding carboxylic acids is 1. The fourth-order valence-electron chi connectivity index (χ4n) is 0.307. The molecule has 11 heavy (non-hydrogen) atoms. The molecule has 0 bridgehead atoms. The number of hydrogen-bond acceptors (Lipinski definition) is 2. The molecule has 5 heteroatoms. The maximum Gasteiger partial charge on any atom is 0.220 e. The average Bonchev–Trinajstić information content (AvgIpc) is 1.80. The van der Waals surface area contributed by atoms with Crippen LogP contribution in [0.15, 0.2) is 0 Å². The molecule has 0 aromatic rings. The van der Waals surface area contributed by atoms with Crippen LogP contribution in [0.25, 0.3) is 0 Å². The van der Waals surface area contributed by atoms with Crippen molar-refractivity contribution in [3.05, 3.63) is 0 Å². The van der Waals surface area contributed by atoms with Crippen molar-refractivity contribution in [3.63, 3.8) is 0 Å². The lowest BCUT2D eigenvalue weighted by Crippen LogP contribution is -2.35. The summed E-state index contributed by atoms with van der Waals surface area (Å²) in [5.74, 6) is -0.0527. The molecule has 62 valence electrons. The summed E-state index contributed by atoms with van der Waals surface area (Å²) < 4.78 is 1.61. The van der Waals surface area contributed by atoms with Crippen molar-refractivity contribution in [1.82, 2.24) is 9.67 Å². The Labute approximate surface area is 71.2 Å². The highest BCUT2D eigenvalue weighted by Gasteiger charge is 2.15. The molecule has 1 unspecified atom stereocenters. The highest BCUT2D eigenvalue weighted by atomic mass is 31.1. The molecule has 0 aliphatic rings. The third-order valence-corrected chi connectivity index (χ3v) is 2.45. The molecule has 0 saturated heterocycles. The van der Waals surface area contributed by atoms with Gasteiger partial charge < -0.3 is 9.67 Å². The Hall–Kier alpha value is -0.0751. The Morgan fingerprint density at radius 3 is 2.27 bits per heavy atom. The zero-order valence-electron chi connectivity index (χ0n) is 7.43. The summed E-state index contributed by atoms with van der Waals surface area (Å²) in [6.07, 6.45) is 0. The van der Waals surface area contributed by atoms with E-state index in [1.165, 1.54) is 6.92 Å². The van der Waals surface area contributed by atoms with Gasteiger partial charge in [0, 0.05) is 21.3 Å². The van der Waals surface area contributed by atoms with Crippen LogP contribution in [0.4, 0.5) is 0 Å². The van der Waals surface area contributed by atoms with Gasteiger partial charge in [-0.05, 0) is 20.8 Å². The van der Waals surface area contributed by atoms with E-state index in [0.717, 1.165) is 0 Å². The lowest BCUT2D eigenvalue weighted by atomic mass is 10.1. The smallest absolute Gasteiger partial charge is 0.220 e. The van der Waals surface area contributed by atoms with Gasteiger partial charge in [0.05, 0.1) is 0 Å². The molecule has 2 radical (unpaired) electrons. The SMILES string of the molecule is [B]N(PNC(C)=O)C(C)(C)C. The molecule has 3 nitrogen and oxygen atoms in total. The van der Waals surface area contributed by atoms with E-state index in [2.05, 4.69) is 5.09 Å². The van der Waals surface area contributed by atoms with Gasteiger partial charge in [0.2, 0.25) is 5.91 Å². The van der Waals surface area contributed by atoms with Crippen molar-refractivity contribution in [2.24, 2.45) is 0 Å². The summed E-state index contributed by atoms with van der Waals surface area (Å²) in [5, 5.41) is 2.64. The molecular weight excluding hydrogens is 158 g/mol. The molecule has 0 aromatic carbocycles. The maximum absolute atomic E-state index is 10.5. The molecule has 1 N–H and O–H groups in total. The fraction of sp³-hybridized carbons (Fsp3) is 0.833. The molecule has 0 aromatic heterocycles. The van der Waals surface area contributed by atoms with Crippen LogP contribution in [0.2, 0.25) is 0 Å². The first-order valence-corrected chi connectivity index (χ1v) is 4.36. The van der Waals surface area contributed by atoms with Crippen LogP contribution in [0.1, 0.15) is 27.7 Å². The lowest BCUT2D eigenvalue weighted by Gasteiger charge is -2.31. The van der Waals surface area contributed by atoms with Crippen molar-refractivity contribution in [2.45, 2.75) is 33.2 Å². The molecule has 0 spiro atoms. The van der Waals surface area contributed by atoms with Gasteiger partial charge in [-0.3, -0.25) is 4.79 Å². The topological polar surface area (TPSA) is 32.3 Å². The molecule has 0 heterocycles. The minimum Gasteiger partial charge on any atom is -0.326 e. The summed E-state index contributed by atoms with van der Waals surface area (Å²) >= 11 is 0. The molecule has 0 rings (SSSR count). The molecular formula is C6H14BN2OP. The van der Waals surface area contributed by atoms with E-state index in [1.54, 1.807) is 4.58 Å². The van der Waals surface area contributed by atoms with Gasteiger partial charge in [0.1, 0.15) is 0 Å². The largest absolute Gasteiger partial charge is 0.326 e. The van der Waals surface area contributed by atoms with Gasteiger partial charge in [-0.15, -0.1) is 0 Å². The van der Waals surface area contributed by atoms with Crippen LogP contribution >= 0.6 is 8.88 Å². The second-order valence-corrected chi connectivity index (χ2v) is 4.29. The summed E-state index contributed by atoms with van der Waals surface area (Å²) in [7, 11) is 5.78. The van der Waals surface area contributed by atoms with Gasteiger partial charge >= 0.3 is 0 Å². The van der Waals surface area contributed by atoms with E-state index in [9.17, 15) is 4.79 Å². The average molecular weight is 172 g/mol. The third-order valence-electron chi connectivity index (χ3n) is 1.08. The molecule has 0 saturated carbocycles. The van der Waals surface area contributed by atoms with Gasteiger partial charge in [-0.1, -0.05) is 0 Å². The van der Waals surface area contributed by atoms with Crippen molar-refractivity contribution >= 4 is 22.8 Å². The van der Waals surface area contributed by atoms with Gasteiger partial charge in [0.15, 0.2) is 7.98 Å². The Balaban J connectivity index is 3.70.